The molecule has 0 atom stereocenters. The molecule has 0 aliphatic heterocycles. The van der Waals surface area contributed by atoms with Crippen LogP contribution in [-0.2, 0) is 11.3 Å². The lowest BCUT2D eigenvalue weighted by Crippen LogP contribution is -2.03. The summed E-state index contributed by atoms with van der Waals surface area (Å²) in [6.07, 6.45) is 3.74. The van der Waals surface area contributed by atoms with Crippen LogP contribution < -0.4 is 0 Å². The van der Waals surface area contributed by atoms with Gasteiger partial charge in [0.2, 0.25) is 0 Å². The van der Waals surface area contributed by atoms with Gasteiger partial charge in [0, 0.05) is 29.0 Å². The number of esters is 1. The molecular formula is C18H15BrN2O2. The zero-order valence-corrected chi connectivity index (χ0v) is 14.2. The van der Waals surface area contributed by atoms with Gasteiger partial charge in [-0.2, -0.15) is 0 Å². The summed E-state index contributed by atoms with van der Waals surface area (Å²) in [5.41, 5.74) is 2.70. The van der Waals surface area contributed by atoms with Crippen molar-refractivity contribution in [3.05, 3.63) is 76.5 Å². The van der Waals surface area contributed by atoms with Gasteiger partial charge in [-0.3, -0.25) is 0 Å². The van der Waals surface area contributed by atoms with Crippen LogP contribution >= 0.6 is 15.9 Å². The summed E-state index contributed by atoms with van der Waals surface area (Å²) in [5, 5.41) is 0. The van der Waals surface area contributed by atoms with E-state index in [4.69, 9.17) is 4.74 Å². The average molecular weight is 371 g/mol. The molecule has 0 aliphatic rings. The minimum absolute atomic E-state index is 0.324. The van der Waals surface area contributed by atoms with Crippen molar-refractivity contribution in [3.63, 3.8) is 0 Å². The first-order valence-electron chi connectivity index (χ1n) is 7.11. The first-order valence-corrected chi connectivity index (χ1v) is 7.91. The zero-order chi connectivity index (χ0) is 16.2. The predicted octanol–water partition coefficient (Wildman–Crippen LogP) is 4.15. The van der Waals surface area contributed by atoms with Crippen LogP contribution in [0.5, 0.6) is 0 Å². The fourth-order valence-electron chi connectivity index (χ4n) is 2.36. The topological polar surface area (TPSA) is 44.1 Å². The third-order valence-electron chi connectivity index (χ3n) is 3.55. The van der Waals surface area contributed by atoms with Crippen LogP contribution in [0.1, 0.15) is 15.9 Å². The first kappa shape index (κ1) is 15.5. The Morgan fingerprint density at radius 2 is 1.83 bits per heavy atom. The maximum Gasteiger partial charge on any atom is 0.337 e. The van der Waals surface area contributed by atoms with Crippen molar-refractivity contribution in [1.82, 2.24) is 9.55 Å². The number of aromatic nitrogens is 2. The molecule has 0 saturated heterocycles. The van der Waals surface area contributed by atoms with Gasteiger partial charge in [-0.25, -0.2) is 9.78 Å². The molecule has 0 amide bonds. The second-order valence-corrected chi connectivity index (χ2v) is 5.99. The maximum absolute atomic E-state index is 11.5. The quantitative estimate of drug-likeness (QED) is 0.648. The Balaban J connectivity index is 1.83. The van der Waals surface area contributed by atoms with Gasteiger partial charge in [0.05, 0.1) is 12.7 Å². The van der Waals surface area contributed by atoms with Crippen LogP contribution in [0.15, 0.2) is 65.4 Å². The zero-order valence-electron chi connectivity index (χ0n) is 12.6. The average Bonchev–Trinajstić information content (AvgIpc) is 3.03. The summed E-state index contributed by atoms with van der Waals surface area (Å²) in [5.74, 6) is 0.587. The van der Waals surface area contributed by atoms with Crippen molar-refractivity contribution >= 4 is 21.9 Å². The summed E-state index contributed by atoms with van der Waals surface area (Å²) in [6.45, 7) is 0.687. The van der Waals surface area contributed by atoms with Crippen molar-refractivity contribution in [2.75, 3.05) is 7.11 Å². The number of halogens is 1. The molecule has 0 saturated carbocycles. The van der Waals surface area contributed by atoms with Crippen LogP contribution in [-0.4, -0.2) is 22.6 Å². The standard InChI is InChI=1S/C18H15BrN2O2/c1-23-18(22)15-4-2-13(3-5-15)12-21-11-10-20-17(21)14-6-8-16(19)9-7-14/h2-11H,12H2,1H3. The number of methoxy groups -OCH3 is 1. The molecule has 0 spiro atoms. The number of nitrogens with zero attached hydrogens (tertiary/aromatic N) is 2. The Morgan fingerprint density at radius 3 is 2.48 bits per heavy atom. The minimum atomic E-state index is -0.324. The van der Waals surface area contributed by atoms with Crippen LogP contribution in [0, 0.1) is 0 Å². The van der Waals surface area contributed by atoms with Crippen molar-refractivity contribution in [2.24, 2.45) is 0 Å². The first-order chi connectivity index (χ1) is 11.2. The molecule has 0 unspecified atom stereocenters. The summed E-state index contributed by atoms with van der Waals surface area (Å²) in [7, 11) is 1.38. The molecule has 0 fully saturated rings. The molecule has 0 bridgehead atoms. The molecule has 116 valence electrons. The highest BCUT2D eigenvalue weighted by atomic mass is 79.9. The number of hydrogen-bond donors (Lipinski definition) is 0. The third-order valence-corrected chi connectivity index (χ3v) is 4.07. The molecule has 2 aromatic carbocycles. The molecule has 3 aromatic rings. The van der Waals surface area contributed by atoms with Crippen LogP contribution in [0.3, 0.4) is 0 Å². The van der Waals surface area contributed by atoms with Gasteiger partial charge in [-0.05, 0) is 29.8 Å². The van der Waals surface area contributed by atoms with Crippen LogP contribution in [0.4, 0.5) is 0 Å². The number of carbonyl (C=O) groups excluding carboxylic acids is 1. The van der Waals surface area contributed by atoms with Crippen molar-refractivity contribution < 1.29 is 9.53 Å². The Hall–Kier alpha value is -2.40. The van der Waals surface area contributed by atoms with Crippen molar-refractivity contribution in [1.29, 1.82) is 0 Å². The fourth-order valence-corrected chi connectivity index (χ4v) is 2.62. The molecule has 0 N–H and O–H groups in total. The summed E-state index contributed by atoms with van der Waals surface area (Å²) in [4.78, 5) is 15.9. The summed E-state index contributed by atoms with van der Waals surface area (Å²) < 4.78 is 7.83. The molecule has 1 heterocycles. The normalized spacial score (nSPS) is 10.5. The number of ether oxygens (including phenoxy) is 1. The third kappa shape index (κ3) is 3.51. The van der Waals surface area contributed by atoms with E-state index in [9.17, 15) is 4.79 Å². The lowest BCUT2D eigenvalue weighted by molar-refractivity contribution is 0.0600. The number of imidazole rings is 1. The number of benzene rings is 2. The van der Waals surface area contributed by atoms with Gasteiger partial charge in [0.15, 0.2) is 0 Å². The van der Waals surface area contributed by atoms with E-state index in [0.717, 1.165) is 21.4 Å². The van der Waals surface area contributed by atoms with E-state index in [1.165, 1.54) is 7.11 Å². The molecule has 0 aliphatic carbocycles. The fraction of sp³-hybridized carbons (Fsp3) is 0.111. The molecule has 5 heteroatoms. The molecule has 4 nitrogen and oxygen atoms in total. The van der Waals surface area contributed by atoms with E-state index >= 15 is 0 Å². The second kappa shape index (κ2) is 6.79. The van der Waals surface area contributed by atoms with Gasteiger partial charge in [0.1, 0.15) is 5.82 Å². The van der Waals surface area contributed by atoms with Gasteiger partial charge >= 0.3 is 5.97 Å². The van der Waals surface area contributed by atoms with E-state index in [-0.39, 0.29) is 5.97 Å². The highest BCUT2D eigenvalue weighted by Gasteiger charge is 2.08. The Kier molecular flexibility index (Phi) is 4.57. The Labute approximate surface area is 142 Å². The van der Waals surface area contributed by atoms with E-state index in [1.54, 1.807) is 18.3 Å². The summed E-state index contributed by atoms with van der Waals surface area (Å²) in [6, 6.07) is 15.5. The predicted molar refractivity (Wildman–Crippen MR) is 92.2 cm³/mol. The maximum atomic E-state index is 11.5. The van der Waals surface area contributed by atoms with Crippen molar-refractivity contribution in [3.8, 4) is 11.4 Å². The highest BCUT2D eigenvalue weighted by molar-refractivity contribution is 9.10. The molecule has 0 radical (unpaired) electrons. The second-order valence-electron chi connectivity index (χ2n) is 5.07. The SMILES string of the molecule is COC(=O)c1ccc(Cn2ccnc2-c2ccc(Br)cc2)cc1. The smallest absolute Gasteiger partial charge is 0.337 e. The van der Waals surface area contributed by atoms with Crippen molar-refractivity contribution in [2.45, 2.75) is 6.54 Å². The van der Waals surface area contributed by atoms with E-state index in [0.29, 0.717) is 12.1 Å². The number of carbonyl (C=O) groups is 1. The lowest BCUT2D eigenvalue weighted by Gasteiger charge is -2.09. The van der Waals surface area contributed by atoms with Crippen LogP contribution in [0.25, 0.3) is 11.4 Å². The van der Waals surface area contributed by atoms with E-state index < -0.39 is 0 Å². The summed E-state index contributed by atoms with van der Waals surface area (Å²) >= 11 is 3.44. The van der Waals surface area contributed by atoms with Gasteiger partial charge < -0.3 is 9.30 Å². The van der Waals surface area contributed by atoms with Gasteiger partial charge in [-0.1, -0.05) is 40.2 Å². The minimum Gasteiger partial charge on any atom is -0.465 e. The van der Waals surface area contributed by atoms with E-state index in [2.05, 4.69) is 25.5 Å². The monoisotopic (exact) mass is 370 g/mol. The molecule has 3 rings (SSSR count). The molecule has 1 aromatic heterocycles. The van der Waals surface area contributed by atoms with Gasteiger partial charge in [0.25, 0.3) is 0 Å². The number of hydrogen-bond acceptors (Lipinski definition) is 3. The Morgan fingerprint density at radius 1 is 1.13 bits per heavy atom. The molecule has 23 heavy (non-hydrogen) atoms. The molecular weight excluding hydrogens is 356 g/mol. The van der Waals surface area contributed by atoms with Crippen LogP contribution in [0.2, 0.25) is 0 Å². The largest absolute Gasteiger partial charge is 0.465 e. The highest BCUT2D eigenvalue weighted by Crippen LogP contribution is 2.21. The van der Waals surface area contributed by atoms with E-state index in [1.807, 2.05) is 42.6 Å². The number of rotatable bonds is 4. The van der Waals surface area contributed by atoms with Gasteiger partial charge in [-0.15, -0.1) is 0 Å². The lowest BCUT2D eigenvalue weighted by atomic mass is 10.1. The Bertz CT molecular complexity index is 808.